The molecular weight excluding hydrogens is 239 g/mol. The fourth-order valence-electron chi connectivity index (χ4n) is 1.86. The van der Waals surface area contributed by atoms with Gasteiger partial charge in [-0.15, -0.1) is 0 Å². The van der Waals surface area contributed by atoms with Crippen LogP contribution in [0.3, 0.4) is 0 Å². The molecule has 0 saturated heterocycles. The zero-order chi connectivity index (χ0) is 13.6. The lowest BCUT2D eigenvalue weighted by atomic mass is 9.86. The Morgan fingerprint density at radius 1 is 1.00 bits per heavy atom. The summed E-state index contributed by atoms with van der Waals surface area (Å²) in [6.07, 6.45) is -3.14. The van der Waals surface area contributed by atoms with Crippen molar-refractivity contribution >= 4 is 10.9 Å². The quantitative estimate of drug-likeness (QED) is 0.671. The van der Waals surface area contributed by atoms with E-state index in [9.17, 15) is 13.2 Å². The number of aromatic nitrogens is 1. The number of hydrogen-bond acceptors (Lipinski definition) is 1. The monoisotopic (exact) mass is 253 g/mol. The fraction of sp³-hybridized carbons (Fsp3) is 0.357. The Bertz CT molecular complexity index is 580. The summed E-state index contributed by atoms with van der Waals surface area (Å²) < 4.78 is 38.5. The minimum Gasteiger partial charge on any atom is -0.256 e. The molecule has 0 aliphatic rings. The molecule has 0 unspecified atom stereocenters. The van der Waals surface area contributed by atoms with Crippen LogP contribution in [0.5, 0.6) is 0 Å². The molecule has 1 aromatic carbocycles. The third-order valence-electron chi connectivity index (χ3n) is 2.91. The number of rotatable bonds is 0. The van der Waals surface area contributed by atoms with Crippen LogP contribution in [0.4, 0.5) is 13.2 Å². The Morgan fingerprint density at radius 2 is 1.67 bits per heavy atom. The SMILES string of the molecule is CC(C)(C)c1ccc2c(C(F)(F)F)ccnc2c1. The van der Waals surface area contributed by atoms with Gasteiger partial charge in [0.25, 0.3) is 0 Å². The van der Waals surface area contributed by atoms with E-state index in [4.69, 9.17) is 0 Å². The zero-order valence-corrected chi connectivity index (χ0v) is 10.5. The van der Waals surface area contributed by atoms with Gasteiger partial charge in [0.15, 0.2) is 0 Å². The maximum Gasteiger partial charge on any atom is 0.417 e. The molecule has 0 bridgehead atoms. The minimum absolute atomic E-state index is 0.107. The summed E-state index contributed by atoms with van der Waals surface area (Å²) in [5, 5.41) is 0.151. The number of hydrogen-bond donors (Lipinski definition) is 0. The summed E-state index contributed by atoms with van der Waals surface area (Å²) in [5.41, 5.74) is 0.622. The molecule has 1 nitrogen and oxygen atoms in total. The Balaban J connectivity index is 2.68. The second kappa shape index (κ2) is 3.97. The first-order chi connectivity index (χ1) is 8.19. The van der Waals surface area contributed by atoms with Crippen LogP contribution >= 0.6 is 0 Å². The number of fused-ring (bicyclic) bond motifs is 1. The van der Waals surface area contributed by atoms with E-state index in [1.165, 1.54) is 12.3 Å². The van der Waals surface area contributed by atoms with Gasteiger partial charge in [-0.25, -0.2) is 0 Å². The lowest BCUT2D eigenvalue weighted by Gasteiger charge is -2.19. The number of pyridine rings is 1. The van der Waals surface area contributed by atoms with Crippen LogP contribution in [-0.2, 0) is 11.6 Å². The van der Waals surface area contributed by atoms with Gasteiger partial charge in [0.05, 0.1) is 11.1 Å². The smallest absolute Gasteiger partial charge is 0.256 e. The third-order valence-corrected chi connectivity index (χ3v) is 2.91. The van der Waals surface area contributed by atoms with E-state index in [0.717, 1.165) is 11.6 Å². The van der Waals surface area contributed by atoms with Crippen molar-refractivity contribution in [1.29, 1.82) is 0 Å². The van der Waals surface area contributed by atoms with E-state index in [1.54, 1.807) is 12.1 Å². The van der Waals surface area contributed by atoms with E-state index >= 15 is 0 Å². The summed E-state index contributed by atoms with van der Waals surface area (Å²) in [6, 6.07) is 5.98. The zero-order valence-electron chi connectivity index (χ0n) is 10.5. The number of alkyl halides is 3. The molecule has 4 heteroatoms. The lowest BCUT2D eigenvalue weighted by Crippen LogP contribution is -2.11. The van der Waals surface area contributed by atoms with Crippen LogP contribution in [0.2, 0.25) is 0 Å². The standard InChI is InChI=1S/C14H14F3N/c1-13(2,3)9-4-5-10-11(14(15,16)17)6-7-18-12(10)8-9/h4-8H,1-3H3. The van der Waals surface area contributed by atoms with Crippen molar-refractivity contribution in [1.82, 2.24) is 4.98 Å². The maximum atomic E-state index is 12.8. The van der Waals surface area contributed by atoms with Crippen LogP contribution < -0.4 is 0 Å². The molecule has 0 radical (unpaired) electrons. The fourth-order valence-corrected chi connectivity index (χ4v) is 1.86. The van der Waals surface area contributed by atoms with Gasteiger partial charge in [-0.1, -0.05) is 32.9 Å². The highest BCUT2D eigenvalue weighted by atomic mass is 19.4. The Kier molecular flexibility index (Phi) is 2.84. The van der Waals surface area contributed by atoms with Gasteiger partial charge in [0.1, 0.15) is 0 Å². The number of nitrogens with zero attached hydrogens (tertiary/aromatic N) is 1. The minimum atomic E-state index is -4.34. The van der Waals surface area contributed by atoms with Gasteiger partial charge >= 0.3 is 6.18 Å². The van der Waals surface area contributed by atoms with Crippen LogP contribution in [0, 0.1) is 0 Å². The molecule has 0 aliphatic carbocycles. The van der Waals surface area contributed by atoms with Crippen molar-refractivity contribution in [2.45, 2.75) is 32.4 Å². The van der Waals surface area contributed by atoms with Gasteiger partial charge in [-0.3, -0.25) is 4.98 Å². The van der Waals surface area contributed by atoms with E-state index in [-0.39, 0.29) is 10.8 Å². The van der Waals surface area contributed by atoms with Gasteiger partial charge < -0.3 is 0 Å². The predicted molar refractivity (Wildman–Crippen MR) is 65.4 cm³/mol. The van der Waals surface area contributed by atoms with Crippen LogP contribution in [0.1, 0.15) is 31.9 Å². The summed E-state index contributed by atoms with van der Waals surface area (Å²) in [5.74, 6) is 0. The first-order valence-corrected chi connectivity index (χ1v) is 5.66. The molecule has 1 heterocycles. The summed E-state index contributed by atoms with van der Waals surface area (Å²) >= 11 is 0. The average Bonchev–Trinajstić information content (AvgIpc) is 2.25. The van der Waals surface area contributed by atoms with Crippen LogP contribution in [0.25, 0.3) is 10.9 Å². The van der Waals surface area contributed by atoms with Crippen LogP contribution in [0.15, 0.2) is 30.5 Å². The summed E-state index contributed by atoms with van der Waals surface area (Å²) in [7, 11) is 0. The highest BCUT2D eigenvalue weighted by molar-refractivity contribution is 5.83. The molecule has 0 spiro atoms. The average molecular weight is 253 g/mol. The molecule has 96 valence electrons. The first kappa shape index (κ1) is 12.9. The van der Waals surface area contributed by atoms with Crippen molar-refractivity contribution in [2.75, 3.05) is 0 Å². The predicted octanol–water partition coefficient (Wildman–Crippen LogP) is 4.55. The molecule has 2 aromatic rings. The molecule has 0 fully saturated rings. The highest BCUT2D eigenvalue weighted by Crippen LogP contribution is 2.35. The van der Waals surface area contributed by atoms with E-state index < -0.39 is 11.7 Å². The molecule has 2 rings (SSSR count). The van der Waals surface area contributed by atoms with Gasteiger partial charge in [-0.2, -0.15) is 13.2 Å². The molecule has 18 heavy (non-hydrogen) atoms. The molecular formula is C14H14F3N. The first-order valence-electron chi connectivity index (χ1n) is 5.66. The molecule has 0 amide bonds. The molecule has 0 N–H and O–H groups in total. The second-order valence-electron chi connectivity index (χ2n) is 5.34. The van der Waals surface area contributed by atoms with Crippen molar-refractivity contribution < 1.29 is 13.2 Å². The maximum absolute atomic E-state index is 12.8. The summed E-state index contributed by atoms with van der Waals surface area (Å²) in [6.45, 7) is 6.05. The van der Waals surface area contributed by atoms with Crippen molar-refractivity contribution in [2.24, 2.45) is 0 Å². The molecule has 1 aromatic heterocycles. The molecule has 0 atom stereocenters. The Labute approximate surface area is 104 Å². The molecule has 0 saturated carbocycles. The normalized spacial score (nSPS) is 13.0. The topological polar surface area (TPSA) is 12.9 Å². The number of benzene rings is 1. The second-order valence-corrected chi connectivity index (χ2v) is 5.34. The largest absolute Gasteiger partial charge is 0.417 e. The molecule has 0 aliphatic heterocycles. The Morgan fingerprint density at radius 3 is 2.22 bits per heavy atom. The van der Waals surface area contributed by atoms with Crippen molar-refractivity contribution in [3.05, 3.63) is 41.6 Å². The van der Waals surface area contributed by atoms with Crippen molar-refractivity contribution in [3.63, 3.8) is 0 Å². The Hall–Kier alpha value is -1.58. The van der Waals surface area contributed by atoms with Crippen molar-refractivity contribution in [3.8, 4) is 0 Å². The highest BCUT2D eigenvalue weighted by Gasteiger charge is 2.32. The number of halogens is 3. The van der Waals surface area contributed by atoms with Gasteiger partial charge in [-0.05, 0) is 23.1 Å². The summed E-state index contributed by atoms with van der Waals surface area (Å²) in [4.78, 5) is 4.03. The van der Waals surface area contributed by atoms with E-state index in [1.807, 2.05) is 20.8 Å². The lowest BCUT2D eigenvalue weighted by molar-refractivity contribution is -0.136. The van der Waals surface area contributed by atoms with E-state index in [2.05, 4.69) is 4.98 Å². The van der Waals surface area contributed by atoms with Crippen LogP contribution in [-0.4, -0.2) is 4.98 Å². The third kappa shape index (κ3) is 2.33. The van der Waals surface area contributed by atoms with Gasteiger partial charge in [0, 0.05) is 11.6 Å². The van der Waals surface area contributed by atoms with E-state index in [0.29, 0.717) is 5.52 Å². The van der Waals surface area contributed by atoms with Gasteiger partial charge in [0.2, 0.25) is 0 Å².